The number of nitrogens with zero attached hydrogens (tertiary/aromatic N) is 1. The van der Waals surface area contributed by atoms with Crippen molar-refractivity contribution in [2.45, 2.75) is 33.3 Å². The molecule has 0 bridgehead atoms. The minimum absolute atomic E-state index is 0.223. The highest BCUT2D eigenvalue weighted by molar-refractivity contribution is 5.87. The molecule has 1 fully saturated rings. The molecule has 2 aliphatic heterocycles. The van der Waals surface area contributed by atoms with Crippen LogP contribution in [0.15, 0.2) is 35.9 Å². The van der Waals surface area contributed by atoms with E-state index >= 15 is 0 Å². The molecule has 0 spiro atoms. The van der Waals surface area contributed by atoms with Gasteiger partial charge in [-0.1, -0.05) is 11.6 Å². The minimum Gasteiger partial charge on any atom is -0.497 e. The molecule has 2 aromatic rings. The predicted molar refractivity (Wildman–Crippen MR) is 117 cm³/mol. The zero-order chi connectivity index (χ0) is 23.0. The third-order valence-corrected chi connectivity index (χ3v) is 6.27. The van der Waals surface area contributed by atoms with Gasteiger partial charge >= 0.3 is 5.97 Å². The summed E-state index contributed by atoms with van der Waals surface area (Å²) in [6, 6.07) is 8.01. The van der Waals surface area contributed by atoms with E-state index in [9.17, 15) is 18.7 Å². The molecule has 7 heteroatoms. The molecule has 0 amide bonds. The van der Waals surface area contributed by atoms with Crippen LogP contribution in [0.1, 0.15) is 43.4 Å². The number of likely N-dealkylation sites (tertiary alicyclic amines) is 1. The average Bonchev–Trinajstić information content (AvgIpc) is 2.90. The van der Waals surface area contributed by atoms with Gasteiger partial charge in [0.25, 0.3) is 0 Å². The van der Waals surface area contributed by atoms with Crippen LogP contribution in [-0.2, 0) is 11.4 Å². The van der Waals surface area contributed by atoms with Gasteiger partial charge < -0.3 is 19.5 Å². The summed E-state index contributed by atoms with van der Waals surface area (Å²) in [7, 11) is 1.59. The molecule has 2 aliphatic rings. The predicted octanol–water partition coefficient (Wildman–Crippen LogP) is 4.87. The summed E-state index contributed by atoms with van der Waals surface area (Å²) in [6.07, 6.45) is 1.41. The van der Waals surface area contributed by atoms with Crippen LogP contribution in [0.25, 0.3) is 5.57 Å². The number of rotatable bonds is 4. The maximum Gasteiger partial charge on any atom is 0.310 e. The zero-order valence-corrected chi connectivity index (χ0v) is 18.5. The maximum absolute atomic E-state index is 14.3. The van der Waals surface area contributed by atoms with Gasteiger partial charge in [-0.05, 0) is 56.0 Å². The second-order valence-electron chi connectivity index (χ2n) is 9.02. The van der Waals surface area contributed by atoms with Gasteiger partial charge in [-0.25, -0.2) is 8.78 Å². The summed E-state index contributed by atoms with van der Waals surface area (Å²) >= 11 is 0. The molecule has 1 saturated heterocycles. The Kier molecular flexibility index (Phi) is 5.95. The summed E-state index contributed by atoms with van der Waals surface area (Å²) < 4.78 is 39.5. The number of carboxylic acid groups (broad SMARTS) is 1. The number of piperidine rings is 1. The number of ether oxygens (including phenoxy) is 2. The van der Waals surface area contributed by atoms with E-state index in [1.807, 2.05) is 18.2 Å². The average molecular weight is 443 g/mol. The van der Waals surface area contributed by atoms with Crippen LogP contribution < -0.4 is 9.47 Å². The van der Waals surface area contributed by atoms with Crippen LogP contribution >= 0.6 is 0 Å². The van der Waals surface area contributed by atoms with E-state index in [2.05, 4.69) is 4.90 Å². The monoisotopic (exact) mass is 443 g/mol. The smallest absolute Gasteiger partial charge is 0.310 e. The number of benzene rings is 2. The lowest BCUT2D eigenvalue weighted by atomic mass is 9.85. The van der Waals surface area contributed by atoms with Crippen molar-refractivity contribution >= 4 is 11.5 Å². The van der Waals surface area contributed by atoms with Gasteiger partial charge in [0.05, 0.1) is 12.5 Å². The molecule has 4 rings (SSSR count). The van der Waals surface area contributed by atoms with Crippen molar-refractivity contribution in [2.24, 2.45) is 5.41 Å². The summed E-state index contributed by atoms with van der Waals surface area (Å²) in [5.41, 5.74) is 3.51. The number of aliphatic carboxylic acids is 1. The molecule has 1 N–H and O–H groups in total. The third kappa shape index (κ3) is 4.21. The van der Waals surface area contributed by atoms with Gasteiger partial charge in [-0.3, -0.25) is 4.79 Å². The van der Waals surface area contributed by atoms with Gasteiger partial charge in [0, 0.05) is 36.8 Å². The first-order valence-electron chi connectivity index (χ1n) is 10.7. The Balaban J connectivity index is 1.75. The van der Waals surface area contributed by atoms with Crippen LogP contribution in [0.5, 0.6) is 11.5 Å². The lowest BCUT2D eigenvalue weighted by Gasteiger charge is -2.34. The van der Waals surface area contributed by atoms with Gasteiger partial charge in [0.2, 0.25) is 0 Å². The number of fused-ring (bicyclic) bond motifs is 2. The molecule has 0 aromatic heterocycles. The number of carbonyl (C=O) groups is 1. The molecule has 0 saturated carbocycles. The molecule has 2 heterocycles. The molecule has 5 nitrogen and oxygen atoms in total. The van der Waals surface area contributed by atoms with Crippen LogP contribution in [-0.4, -0.2) is 42.7 Å². The Morgan fingerprint density at radius 1 is 1.12 bits per heavy atom. The van der Waals surface area contributed by atoms with Crippen LogP contribution in [0.2, 0.25) is 0 Å². The van der Waals surface area contributed by atoms with Crippen LogP contribution in [0.3, 0.4) is 0 Å². The number of hydrogen-bond acceptors (Lipinski definition) is 4. The van der Waals surface area contributed by atoms with Crippen molar-refractivity contribution < 1.29 is 28.2 Å². The lowest BCUT2D eigenvalue weighted by Crippen LogP contribution is -2.42. The van der Waals surface area contributed by atoms with E-state index in [1.165, 1.54) is 6.07 Å². The molecule has 0 unspecified atom stereocenters. The van der Waals surface area contributed by atoms with E-state index in [4.69, 9.17) is 9.47 Å². The first kappa shape index (κ1) is 22.3. The largest absolute Gasteiger partial charge is 0.497 e. The van der Waals surface area contributed by atoms with Crippen LogP contribution in [0, 0.1) is 17.0 Å². The first-order chi connectivity index (χ1) is 15.2. The highest BCUT2D eigenvalue weighted by Crippen LogP contribution is 2.42. The van der Waals surface area contributed by atoms with Gasteiger partial charge in [-0.15, -0.1) is 0 Å². The molecule has 0 radical (unpaired) electrons. The van der Waals surface area contributed by atoms with E-state index in [-0.39, 0.29) is 6.61 Å². The number of halogens is 2. The van der Waals surface area contributed by atoms with Crippen molar-refractivity contribution in [1.82, 2.24) is 4.90 Å². The van der Waals surface area contributed by atoms with E-state index in [0.29, 0.717) is 49.5 Å². The van der Waals surface area contributed by atoms with E-state index in [1.54, 1.807) is 21.0 Å². The Bertz CT molecular complexity index is 1080. The molecular weight excluding hydrogens is 416 g/mol. The number of hydrogen-bond donors (Lipinski definition) is 1. The summed E-state index contributed by atoms with van der Waals surface area (Å²) in [5.74, 6) is -1.68. The van der Waals surface area contributed by atoms with Crippen molar-refractivity contribution in [3.63, 3.8) is 0 Å². The quantitative estimate of drug-likeness (QED) is 0.730. The van der Waals surface area contributed by atoms with Crippen molar-refractivity contribution in [3.8, 4) is 11.5 Å². The van der Waals surface area contributed by atoms with Crippen molar-refractivity contribution in [3.05, 3.63) is 64.2 Å². The maximum atomic E-state index is 14.3. The Hall–Kier alpha value is -2.93. The second kappa shape index (κ2) is 8.54. The Morgan fingerprint density at radius 2 is 1.81 bits per heavy atom. The highest BCUT2D eigenvalue weighted by Gasteiger charge is 2.32. The number of carboxylic acids is 1. The molecule has 32 heavy (non-hydrogen) atoms. The highest BCUT2D eigenvalue weighted by atomic mass is 19.2. The standard InChI is InChI=1S/C25H27F2NO4/c1-25(2,24(29)30)14-28-8-6-15(7-9-28)23-18-5-4-17(31-3)10-16(18)13-32-22-12-21(27)20(26)11-19(22)23/h4-5,10-12H,6-9,13-14H2,1-3H3,(H,29,30). The third-order valence-electron chi connectivity index (χ3n) is 6.27. The molecule has 2 aromatic carbocycles. The van der Waals surface area contributed by atoms with Crippen molar-refractivity contribution in [2.75, 3.05) is 26.7 Å². The molecular formula is C25H27F2NO4. The molecule has 170 valence electrons. The fraction of sp³-hybridized carbons (Fsp3) is 0.400. The summed E-state index contributed by atoms with van der Waals surface area (Å²) in [6.45, 7) is 5.52. The zero-order valence-electron chi connectivity index (χ0n) is 18.5. The minimum atomic E-state index is -0.942. The van der Waals surface area contributed by atoms with Crippen LogP contribution in [0.4, 0.5) is 8.78 Å². The summed E-state index contributed by atoms with van der Waals surface area (Å²) in [4.78, 5) is 13.6. The van der Waals surface area contributed by atoms with Crippen molar-refractivity contribution in [1.29, 1.82) is 0 Å². The fourth-order valence-electron chi connectivity index (χ4n) is 4.44. The lowest BCUT2D eigenvalue weighted by molar-refractivity contribution is -0.148. The van der Waals surface area contributed by atoms with E-state index < -0.39 is 23.0 Å². The molecule has 0 aliphatic carbocycles. The topological polar surface area (TPSA) is 59.0 Å². The Labute approximate surface area is 186 Å². The summed E-state index contributed by atoms with van der Waals surface area (Å²) in [5, 5.41) is 9.44. The second-order valence-corrected chi connectivity index (χ2v) is 9.02. The van der Waals surface area contributed by atoms with E-state index in [0.717, 1.165) is 28.3 Å². The van der Waals surface area contributed by atoms with Gasteiger partial charge in [0.15, 0.2) is 11.6 Å². The first-order valence-corrected chi connectivity index (χ1v) is 10.7. The van der Waals surface area contributed by atoms with Gasteiger partial charge in [0.1, 0.15) is 18.1 Å². The molecule has 0 atom stereocenters. The van der Waals surface area contributed by atoms with Gasteiger partial charge in [-0.2, -0.15) is 0 Å². The normalized spacial score (nSPS) is 16.7. The fourth-order valence-corrected chi connectivity index (χ4v) is 4.44. The Morgan fingerprint density at radius 3 is 2.47 bits per heavy atom. The number of methoxy groups -OCH3 is 1. The SMILES string of the molecule is COc1ccc2c(c1)COc1cc(F)c(F)cc1C2=C1CCN(CC(C)(C)C(=O)O)CC1.